The number of hydrogen-bond donors (Lipinski definition) is 1. The predicted molar refractivity (Wildman–Crippen MR) is 70.2 cm³/mol. The lowest BCUT2D eigenvalue weighted by Gasteiger charge is -2.46. The van der Waals surface area contributed by atoms with E-state index in [2.05, 4.69) is 31.3 Å². The van der Waals surface area contributed by atoms with Crippen molar-refractivity contribution in [1.29, 1.82) is 0 Å². The highest BCUT2D eigenvalue weighted by atomic mass is 16.5. The summed E-state index contributed by atoms with van der Waals surface area (Å²) in [5.74, 6) is 1.30. The molecule has 1 amide bonds. The van der Waals surface area contributed by atoms with Gasteiger partial charge in [0, 0.05) is 25.0 Å². The Morgan fingerprint density at radius 3 is 2.83 bits per heavy atom. The maximum Gasteiger partial charge on any atom is 0.264 e. The van der Waals surface area contributed by atoms with E-state index in [4.69, 9.17) is 4.74 Å². The fraction of sp³-hybridized carbons (Fsp3) is 0.500. The number of benzene rings is 1. The third-order valence-electron chi connectivity index (χ3n) is 4.10. The van der Waals surface area contributed by atoms with Crippen molar-refractivity contribution in [3.05, 3.63) is 23.8 Å². The van der Waals surface area contributed by atoms with E-state index in [0.717, 1.165) is 18.0 Å². The third-order valence-corrected chi connectivity index (χ3v) is 4.10. The zero-order valence-corrected chi connectivity index (χ0v) is 11.0. The van der Waals surface area contributed by atoms with Crippen LogP contribution in [0.5, 0.6) is 5.75 Å². The Morgan fingerprint density at radius 1 is 1.44 bits per heavy atom. The maximum atomic E-state index is 11.6. The van der Waals surface area contributed by atoms with Gasteiger partial charge in [0.15, 0.2) is 6.61 Å². The van der Waals surface area contributed by atoms with E-state index in [-0.39, 0.29) is 18.1 Å². The van der Waals surface area contributed by atoms with Gasteiger partial charge in [-0.3, -0.25) is 4.79 Å². The zero-order valence-electron chi connectivity index (χ0n) is 11.0. The largest absolute Gasteiger partial charge is 0.482 e. The second-order valence-electron chi connectivity index (χ2n) is 5.62. The first-order chi connectivity index (χ1) is 8.49. The Morgan fingerprint density at radius 2 is 2.22 bits per heavy atom. The van der Waals surface area contributed by atoms with E-state index in [0.29, 0.717) is 5.92 Å². The van der Waals surface area contributed by atoms with Crippen LogP contribution in [0, 0.1) is 0 Å². The molecule has 4 nitrogen and oxygen atoms in total. The molecule has 2 heterocycles. The minimum absolute atomic E-state index is 0.00523. The molecule has 4 heteroatoms. The van der Waals surface area contributed by atoms with Crippen LogP contribution in [0.3, 0.4) is 0 Å². The SMILES string of the molecule is CN1C(=O)COc2ccc(C3CNC3(C)C)cc21. The fourth-order valence-electron chi connectivity index (χ4n) is 2.65. The lowest BCUT2D eigenvalue weighted by Crippen LogP contribution is -2.59. The maximum absolute atomic E-state index is 11.6. The first kappa shape index (κ1) is 11.5. The van der Waals surface area contributed by atoms with E-state index >= 15 is 0 Å². The van der Waals surface area contributed by atoms with Crippen molar-refractivity contribution < 1.29 is 9.53 Å². The van der Waals surface area contributed by atoms with Crippen LogP contribution in [0.4, 0.5) is 5.69 Å². The van der Waals surface area contributed by atoms with Crippen LogP contribution in [0.1, 0.15) is 25.3 Å². The number of rotatable bonds is 1. The van der Waals surface area contributed by atoms with Crippen molar-refractivity contribution in [2.24, 2.45) is 0 Å². The van der Waals surface area contributed by atoms with Crippen molar-refractivity contribution in [2.75, 3.05) is 25.1 Å². The molecule has 2 aliphatic heterocycles. The van der Waals surface area contributed by atoms with Crippen LogP contribution < -0.4 is 15.0 Å². The molecule has 1 aromatic carbocycles. The normalized spacial score (nSPS) is 25.2. The summed E-state index contributed by atoms with van der Waals surface area (Å²) in [6, 6.07) is 6.16. The average molecular weight is 246 g/mol. The van der Waals surface area contributed by atoms with Crippen molar-refractivity contribution >= 4 is 11.6 Å². The molecule has 0 spiro atoms. The summed E-state index contributed by atoms with van der Waals surface area (Å²) in [5.41, 5.74) is 2.28. The molecule has 0 saturated carbocycles. The van der Waals surface area contributed by atoms with Gasteiger partial charge < -0.3 is 15.0 Å². The van der Waals surface area contributed by atoms with Gasteiger partial charge in [-0.25, -0.2) is 0 Å². The highest BCUT2D eigenvalue weighted by Crippen LogP contribution is 2.39. The Bertz CT molecular complexity index is 511. The van der Waals surface area contributed by atoms with E-state index in [1.54, 1.807) is 11.9 Å². The smallest absolute Gasteiger partial charge is 0.264 e. The molecule has 1 saturated heterocycles. The first-order valence-electron chi connectivity index (χ1n) is 6.27. The number of likely N-dealkylation sites (N-methyl/N-ethyl adjacent to an activating group) is 1. The summed E-state index contributed by atoms with van der Waals surface area (Å²) in [4.78, 5) is 13.3. The summed E-state index contributed by atoms with van der Waals surface area (Å²) in [7, 11) is 1.80. The molecule has 1 atom stereocenters. The molecule has 0 aliphatic carbocycles. The molecule has 96 valence electrons. The van der Waals surface area contributed by atoms with Gasteiger partial charge >= 0.3 is 0 Å². The van der Waals surface area contributed by atoms with Crippen LogP contribution in [-0.2, 0) is 4.79 Å². The summed E-state index contributed by atoms with van der Waals surface area (Å²) >= 11 is 0. The van der Waals surface area contributed by atoms with Gasteiger partial charge in [0.1, 0.15) is 5.75 Å². The van der Waals surface area contributed by atoms with Gasteiger partial charge in [-0.1, -0.05) is 6.07 Å². The number of ether oxygens (including phenoxy) is 1. The topological polar surface area (TPSA) is 41.6 Å². The number of nitrogens with zero attached hydrogens (tertiary/aromatic N) is 1. The lowest BCUT2D eigenvalue weighted by atomic mass is 9.75. The number of anilines is 1. The molecule has 1 fully saturated rings. The molecule has 3 rings (SSSR count). The molecular weight excluding hydrogens is 228 g/mol. The number of amides is 1. The second-order valence-corrected chi connectivity index (χ2v) is 5.62. The molecule has 0 radical (unpaired) electrons. The van der Waals surface area contributed by atoms with Gasteiger partial charge in [0.2, 0.25) is 0 Å². The van der Waals surface area contributed by atoms with Crippen molar-refractivity contribution in [2.45, 2.75) is 25.3 Å². The second kappa shape index (κ2) is 3.72. The third kappa shape index (κ3) is 1.60. The van der Waals surface area contributed by atoms with Crippen LogP contribution in [0.25, 0.3) is 0 Å². The van der Waals surface area contributed by atoms with Crippen LogP contribution in [0.2, 0.25) is 0 Å². The number of hydrogen-bond acceptors (Lipinski definition) is 3. The number of carbonyl (C=O) groups is 1. The Balaban J connectivity index is 1.98. The summed E-state index contributed by atoms with van der Waals surface area (Å²) in [6.45, 7) is 5.53. The fourth-order valence-corrected chi connectivity index (χ4v) is 2.65. The molecule has 1 unspecified atom stereocenters. The molecule has 0 bridgehead atoms. The van der Waals surface area contributed by atoms with Gasteiger partial charge in [0.05, 0.1) is 5.69 Å². The predicted octanol–water partition coefficient (Wildman–Crippen LogP) is 1.51. The number of carbonyl (C=O) groups excluding carboxylic acids is 1. The summed E-state index contributed by atoms with van der Waals surface area (Å²) in [6.07, 6.45) is 0. The van der Waals surface area contributed by atoms with Crippen LogP contribution >= 0.6 is 0 Å². The van der Waals surface area contributed by atoms with Gasteiger partial charge in [0.25, 0.3) is 5.91 Å². The van der Waals surface area contributed by atoms with Crippen molar-refractivity contribution in [3.63, 3.8) is 0 Å². The first-order valence-corrected chi connectivity index (χ1v) is 6.27. The van der Waals surface area contributed by atoms with E-state index < -0.39 is 0 Å². The molecule has 2 aliphatic rings. The van der Waals surface area contributed by atoms with E-state index in [1.807, 2.05) is 6.07 Å². The summed E-state index contributed by atoms with van der Waals surface area (Å²) < 4.78 is 5.44. The van der Waals surface area contributed by atoms with Gasteiger partial charge in [-0.15, -0.1) is 0 Å². The zero-order chi connectivity index (χ0) is 12.9. The van der Waals surface area contributed by atoms with E-state index in [9.17, 15) is 4.79 Å². The monoisotopic (exact) mass is 246 g/mol. The Hall–Kier alpha value is -1.55. The molecule has 18 heavy (non-hydrogen) atoms. The minimum Gasteiger partial charge on any atom is -0.482 e. The molecule has 1 aromatic rings. The Kier molecular flexibility index (Phi) is 2.38. The van der Waals surface area contributed by atoms with Gasteiger partial charge in [-0.05, 0) is 31.5 Å². The number of nitrogens with one attached hydrogen (secondary N) is 1. The minimum atomic E-state index is 0.00523. The van der Waals surface area contributed by atoms with Gasteiger partial charge in [-0.2, -0.15) is 0 Å². The lowest BCUT2D eigenvalue weighted by molar-refractivity contribution is -0.120. The van der Waals surface area contributed by atoms with Crippen molar-refractivity contribution in [3.8, 4) is 5.75 Å². The molecule has 1 N–H and O–H groups in total. The highest BCUT2D eigenvalue weighted by Gasteiger charge is 2.39. The van der Waals surface area contributed by atoms with Crippen LogP contribution in [-0.4, -0.2) is 31.6 Å². The summed E-state index contributed by atoms with van der Waals surface area (Å²) in [5, 5.41) is 3.42. The molecule has 0 aromatic heterocycles. The standard InChI is InChI=1S/C14H18N2O2/c1-14(2)10(7-15-14)9-4-5-12-11(6-9)16(3)13(17)8-18-12/h4-6,10,15H,7-8H2,1-3H3. The van der Waals surface area contributed by atoms with Crippen LogP contribution in [0.15, 0.2) is 18.2 Å². The molecular formula is C14H18N2O2. The Labute approximate surface area is 107 Å². The van der Waals surface area contributed by atoms with Crippen molar-refractivity contribution in [1.82, 2.24) is 5.32 Å². The average Bonchev–Trinajstić information content (AvgIpc) is 2.33. The quantitative estimate of drug-likeness (QED) is 0.816. The highest BCUT2D eigenvalue weighted by molar-refractivity contribution is 5.97. The van der Waals surface area contributed by atoms with E-state index in [1.165, 1.54) is 5.56 Å². The number of fused-ring (bicyclic) bond motifs is 1.